The molecule has 0 aliphatic heterocycles. The van der Waals surface area contributed by atoms with Crippen molar-refractivity contribution >= 4 is 5.82 Å². The monoisotopic (exact) mass is 385 g/mol. The maximum absolute atomic E-state index is 5.92. The predicted molar refractivity (Wildman–Crippen MR) is 117 cm³/mol. The molecule has 0 aliphatic carbocycles. The molecule has 0 radical (unpaired) electrons. The van der Waals surface area contributed by atoms with Crippen LogP contribution in [-0.2, 0) is 0 Å². The van der Waals surface area contributed by atoms with E-state index in [1.165, 1.54) is 31.2 Å². The number of aryl methyl sites for hydroxylation is 1. The van der Waals surface area contributed by atoms with E-state index < -0.39 is 0 Å². The van der Waals surface area contributed by atoms with E-state index in [-0.39, 0.29) is 0 Å². The lowest BCUT2D eigenvalue weighted by Crippen LogP contribution is -2.07. The molecule has 2 rings (SSSR count). The summed E-state index contributed by atoms with van der Waals surface area (Å²) in [6.07, 6.45) is 6.02. The van der Waals surface area contributed by atoms with Gasteiger partial charge in [0.25, 0.3) is 5.88 Å². The van der Waals surface area contributed by atoms with Crippen molar-refractivity contribution in [2.75, 3.05) is 26.1 Å². The number of hydrogen-bond donors (Lipinski definition) is 1. The molecular formula is C23H35N3O2. The minimum atomic E-state index is 0.441. The van der Waals surface area contributed by atoms with Gasteiger partial charge < -0.3 is 14.8 Å². The zero-order valence-corrected chi connectivity index (χ0v) is 18.3. The quantitative estimate of drug-likeness (QED) is 0.483. The van der Waals surface area contributed by atoms with Gasteiger partial charge in [-0.1, -0.05) is 52.5 Å². The van der Waals surface area contributed by atoms with E-state index in [9.17, 15) is 0 Å². The fraction of sp³-hybridized carbons (Fsp3) is 0.565. The molecule has 0 fully saturated rings. The zero-order valence-electron chi connectivity index (χ0n) is 18.3. The molecule has 1 N–H and O–H groups in total. The SMILES string of the molecule is CCCCCCCOc1nc(C)c(-c2ccc(C(C)C)cc2OC)nc1NC. The van der Waals surface area contributed by atoms with Crippen molar-refractivity contribution in [3.8, 4) is 22.9 Å². The van der Waals surface area contributed by atoms with Gasteiger partial charge in [0.15, 0.2) is 5.82 Å². The second-order valence-electron chi connectivity index (χ2n) is 7.44. The van der Waals surface area contributed by atoms with Gasteiger partial charge in [-0.2, -0.15) is 0 Å². The molecular weight excluding hydrogens is 350 g/mol. The standard InChI is InChI=1S/C23H35N3O2/c1-7-8-9-10-11-14-28-23-22(24-5)26-21(17(4)25-23)19-13-12-18(16(2)3)15-20(19)27-6/h12-13,15-16H,7-11,14H2,1-6H3,(H,24,26). The summed E-state index contributed by atoms with van der Waals surface area (Å²) < 4.78 is 11.6. The number of anilines is 1. The maximum Gasteiger partial charge on any atom is 0.257 e. The fourth-order valence-corrected chi connectivity index (χ4v) is 3.15. The lowest BCUT2D eigenvalue weighted by atomic mass is 9.99. The van der Waals surface area contributed by atoms with E-state index >= 15 is 0 Å². The van der Waals surface area contributed by atoms with Crippen molar-refractivity contribution in [2.24, 2.45) is 0 Å². The normalized spacial score (nSPS) is 11.0. The van der Waals surface area contributed by atoms with Crippen molar-refractivity contribution in [1.82, 2.24) is 9.97 Å². The van der Waals surface area contributed by atoms with Gasteiger partial charge >= 0.3 is 0 Å². The Labute approximate surface area is 169 Å². The molecule has 0 atom stereocenters. The summed E-state index contributed by atoms with van der Waals surface area (Å²) in [6.45, 7) is 9.20. The molecule has 5 heteroatoms. The van der Waals surface area contributed by atoms with E-state index in [0.717, 1.165) is 29.1 Å². The van der Waals surface area contributed by atoms with Crippen molar-refractivity contribution in [1.29, 1.82) is 0 Å². The van der Waals surface area contributed by atoms with Gasteiger partial charge in [0.2, 0.25) is 0 Å². The summed E-state index contributed by atoms with van der Waals surface area (Å²) in [5, 5.41) is 3.12. The molecule has 0 amide bonds. The summed E-state index contributed by atoms with van der Waals surface area (Å²) >= 11 is 0. The third-order valence-electron chi connectivity index (χ3n) is 4.91. The van der Waals surface area contributed by atoms with Gasteiger partial charge in [-0.15, -0.1) is 0 Å². The van der Waals surface area contributed by atoms with Crippen LogP contribution in [0.5, 0.6) is 11.6 Å². The van der Waals surface area contributed by atoms with Gasteiger partial charge in [-0.05, 0) is 37.0 Å². The molecule has 0 saturated heterocycles. The first-order valence-electron chi connectivity index (χ1n) is 10.4. The molecule has 0 unspecified atom stereocenters. The van der Waals surface area contributed by atoms with Gasteiger partial charge in [-0.25, -0.2) is 9.97 Å². The molecule has 1 heterocycles. The van der Waals surface area contributed by atoms with Crippen LogP contribution in [0.4, 0.5) is 5.82 Å². The van der Waals surface area contributed by atoms with Gasteiger partial charge in [0.05, 0.1) is 25.1 Å². The van der Waals surface area contributed by atoms with Crippen molar-refractivity contribution in [3.63, 3.8) is 0 Å². The number of benzene rings is 1. The Hall–Kier alpha value is -2.30. The van der Waals surface area contributed by atoms with Crippen LogP contribution in [-0.4, -0.2) is 30.7 Å². The molecule has 5 nitrogen and oxygen atoms in total. The highest BCUT2D eigenvalue weighted by Crippen LogP contribution is 2.35. The van der Waals surface area contributed by atoms with Crippen LogP contribution in [0.1, 0.15) is 70.1 Å². The first kappa shape index (κ1) is 22.0. The Morgan fingerprint density at radius 2 is 1.82 bits per heavy atom. The second kappa shape index (κ2) is 10.9. The largest absolute Gasteiger partial charge is 0.496 e. The first-order valence-corrected chi connectivity index (χ1v) is 10.4. The van der Waals surface area contributed by atoms with Crippen molar-refractivity contribution in [3.05, 3.63) is 29.5 Å². The van der Waals surface area contributed by atoms with Crippen LogP contribution in [0.25, 0.3) is 11.3 Å². The summed E-state index contributed by atoms with van der Waals surface area (Å²) in [6, 6.07) is 6.28. The van der Waals surface area contributed by atoms with Crippen molar-refractivity contribution in [2.45, 2.75) is 65.7 Å². The number of hydrogen-bond acceptors (Lipinski definition) is 5. The molecule has 28 heavy (non-hydrogen) atoms. The smallest absolute Gasteiger partial charge is 0.257 e. The van der Waals surface area contributed by atoms with Crippen LogP contribution < -0.4 is 14.8 Å². The Morgan fingerprint density at radius 3 is 2.46 bits per heavy atom. The van der Waals surface area contributed by atoms with Crippen LogP contribution >= 0.6 is 0 Å². The lowest BCUT2D eigenvalue weighted by molar-refractivity contribution is 0.293. The minimum Gasteiger partial charge on any atom is -0.496 e. The van der Waals surface area contributed by atoms with Crippen LogP contribution in [0.2, 0.25) is 0 Å². The average molecular weight is 386 g/mol. The highest BCUT2D eigenvalue weighted by atomic mass is 16.5. The summed E-state index contributed by atoms with van der Waals surface area (Å²) in [4.78, 5) is 9.48. The predicted octanol–water partition coefficient (Wildman–Crippen LogP) is 5.97. The number of nitrogens with zero attached hydrogens (tertiary/aromatic N) is 2. The Kier molecular flexibility index (Phi) is 8.55. The van der Waals surface area contributed by atoms with Gasteiger partial charge in [0, 0.05) is 12.6 Å². The minimum absolute atomic E-state index is 0.441. The van der Waals surface area contributed by atoms with Crippen LogP contribution in [0.15, 0.2) is 18.2 Å². The molecule has 0 bridgehead atoms. The average Bonchev–Trinajstić information content (AvgIpc) is 2.70. The summed E-state index contributed by atoms with van der Waals surface area (Å²) in [7, 11) is 3.54. The van der Waals surface area contributed by atoms with Crippen molar-refractivity contribution < 1.29 is 9.47 Å². The van der Waals surface area contributed by atoms with E-state index in [2.05, 4.69) is 49.3 Å². The fourth-order valence-electron chi connectivity index (χ4n) is 3.15. The van der Waals surface area contributed by atoms with E-state index in [4.69, 9.17) is 14.5 Å². The number of unbranched alkanes of at least 4 members (excludes halogenated alkanes) is 4. The highest BCUT2D eigenvalue weighted by molar-refractivity contribution is 5.71. The number of aromatic nitrogens is 2. The molecule has 1 aromatic heterocycles. The maximum atomic E-state index is 5.92. The Morgan fingerprint density at radius 1 is 1.07 bits per heavy atom. The van der Waals surface area contributed by atoms with Gasteiger partial charge in [0.1, 0.15) is 5.75 Å². The van der Waals surface area contributed by atoms with E-state index in [1.54, 1.807) is 7.11 Å². The molecule has 154 valence electrons. The molecule has 0 spiro atoms. The van der Waals surface area contributed by atoms with Gasteiger partial charge in [-0.3, -0.25) is 0 Å². The number of ether oxygens (including phenoxy) is 2. The van der Waals surface area contributed by atoms with Crippen LogP contribution in [0.3, 0.4) is 0 Å². The van der Waals surface area contributed by atoms with E-state index in [0.29, 0.717) is 24.2 Å². The topological polar surface area (TPSA) is 56.3 Å². The molecule has 0 saturated carbocycles. The Bertz CT molecular complexity index is 760. The summed E-state index contributed by atoms with van der Waals surface area (Å²) in [5.74, 6) is 2.48. The first-order chi connectivity index (χ1) is 13.5. The number of rotatable bonds is 11. The number of methoxy groups -OCH3 is 1. The second-order valence-corrected chi connectivity index (χ2v) is 7.44. The summed E-state index contributed by atoms with van der Waals surface area (Å²) in [5.41, 5.74) is 3.82. The lowest BCUT2D eigenvalue weighted by Gasteiger charge is -2.16. The third kappa shape index (κ3) is 5.60. The van der Waals surface area contributed by atoms with E-state index in [1.807, 2.05) is 14.0 Å². The molecule has 0 aliphatic rings. The highest BCUT2D eigenvalue weighted by Gasteiger charge is 2.17. The van der Waals surface area contributed by atoms with Crippen LogP contribution in [0, 0.1) is 6.92 Å². The number of nitrogens with one attached hydrogen (secondary N) is 1. The zero-order chi connectivity index (χ0) is 20.5. The molecule has 2 aromatic rings. The Balaban J connectivity index is 2.23. The molecule has 1 aromatic carbocycles. The third-order valence-corrected chi connectivity index (χ3v) is 4.91.